The van der Waals surface area contributed by atoms with Crippen molar-refractivity contribution < 1.29 is 33.7 Å². The SMILES string of the molecule is COC1(c2ccc(/C=C/C(=O)O)c(B3OC(C)(C)C(C)(C)O3)c2Cl)OOC12C1CC3CC(C1)CC2C3. The first kappa shape index (κ1) is 24.9. The molecular weight excluding hydrogens is 483 g/mol. The van der Waals surface area contributed by atoms with Gasteiger partial charge in [-0.25, -0.2) is 9.68 Å². The van der Waals surface area contributed by atoms with Gasteiger partial charge in [-0.05, 0) is 95.1 Å². The summed E-state index contributed by atoms with van der Waals surface area (Å²) in [5, 5.41) is 9.67. The van der Waals surface area contributed by atoms with Gasteiger partial charge in [0, 0.05) is 29.2 Å². The molecule has 7 nitrogen and oxygen atoms in total. The van der Waals surface area contributed by atoms with Crippen molar-refractivity contribution in [2.45, 2.75) is 82.4 Å². The van der Waals surface area contributed by atoms with Gasteiger partial charge >= 0.3 is 13.1 Å². The Morgan fingerprint density at radius 2 is 1.61 bits per heavy atom. The third kappa shape index (κ3) is 3.21. The number of aliphatic carboxylic acids is 1. The summed E-state index contributed by atoms with van der Waals surface area (Å²) in [6.07, 6.45) is 8.39. The molecule has 2 heterocycles. The Bertz CT molecular complexity index is 1080. The third-order valence-corrected chi connectivity index (χ3v) is 10.3. The van der Waals surface area contributed by atoms with Crippen LogP contribution in [0.2, 0.25) is 5.02 Å². The largest absolute Gasteiger partial charge is 0.497 e. The van der Waals surface area contributed by atoms with Crippen LogP contribution in [0.25, 0.3) is 6.08 Å². The molecule has 1 N–H and O–H groups in total. The van der Waals surface area contributed by atoms with Crippen LogP contribution in [0, 0.1) is 23.7 Å². The molecule has 1 unspecified atom stereocenters. The van der Waals surface area contributed by atoms with E-state index in [0.29, 0.717) is 33.4 Å². The van der Waals surface area contributed by atoms with E-state index in [-0.39, 0.29) is 0 Å². The van der Waals surface area contributed by atoms with E-state index in [4.69, 9.17) is 35.4 Å². The van der Waals surface area contributed by atoms with E-state index in [1.807, 2.05) is 39.8 Å². The van der Waals surface area contributed by atoms with Gasteiger partial charge in [-0.1, -0.05) is 23.7 Å². The minimum atomic E-state index is -1.15. The normalized spacial score (nSPS) is 39.8. The van der Waals surface area contributed by atoms with Crippen LogP contribution in [0.5, 0.6) is 0 Å². The number of rotatable bonds is 5. The van der Waals surface area contributed by atoms with E-state index in [9.17, 15) is 9.90 Å². The first-order valence-corrected chi connectivity index (χ1v) is 13.3. The standard InChI is InChI=1S/C27H34BClO7/c1-24(2)25(3,4)34-28(33-24)22-17(7-9-21(30)31)6-8-20(23(22)29)27(32-5)26(35-36-27)18-11-15-10-16(13-18)14-19(26)12-15/h6-9,15-16,18-19H,10-14H2,1-5H3,(H,30,31)/b9-7+. The van der Waals surface area contributed by atoms with E-state index in [2.05, 4.69) is 0 Å². The highest BCUT2D eigenvalue weighted by Gasteiger charge is 2.77. The third-order valence-electron chi connectivity index (χ3n) is 9.91. The maximum atomic E-state index is 11.3. The molecule has 1 atom stereocenters. The lowest BCUT2D eigenvalue weighted by Crippen LogP contribution is -2.76. The molecule has 2 aliphatic heterocycles. The van der Waals surface area contributed by atoms with Gasteiger partial charge in [0.2, 0.25) is 0 Å². The number of methoxy groups -OCH3 is 1. The molecule has 1 aromatic carbocycles. The number of carboxylic acids is 1. The second-order valence-electron chi connectivity index (χ2n) is 12.3. The zero-order valence-electron chi connectivity index (χ0n) is 21.5. The number of benzene rings is 1. The summed E-state index contributed by atoms with van der Waals surface area (Å²) in [7, 11) is 0.860. The number of carbonyl (C=O) groups is 1. The van der Waals surface area contributed by atoms with Crippen LogP contribution in [0.1, 0.15) is 70.9 Å². The van der Waals surface area contributed by atoms with Crippen LogP contribution < -0.4 is 5.46 Å². The molecule has 0 amide bonds. The van der Waals surface area contributed by atoms with E-state index >= 15 is 0 Å². The van der Waals surface area contributed by atoms with Crippen LogP contribution in [0.15, 0.2) is 18.2 Å². The second-order valence-corrected chi connectivity index (χ2v) is 12.7. The number of hydrogen-bond donors (Lipinski definition) is 1. The maximum absolute atomic E-state index is 11.3. The lowest BCUT2D eigenvalue weighted by molar-refractivity contribution is -0.645. The topological polar surface area (TPSA) is 83.5 Å². The fourth-order valence-corrected chi connectivity index (χ4v) is 8.08. The molecule has 4 aliphatic carbocycles. The summed E-state index contributed by atoms with van der Waals surface area (Å²) < 4.78 is 19.0. The van der Waals surface area contributed by atoms with E-state index in [1.54, 1.807) is 7.11 Å². The van der Waals surface area contributed by atoms with Crippen molar-refractivity contribution in [1.82, 2.24) is 0 Å². The van der Waals surface area contributed by atoms with Gasteiger partial charge in [0.15, 0.2) is 5.60 Å². The van der Waals surface area contributed by atoms with Gasteiger partial charge in [0.1, 0.15) is 0 Å². The first-order chi connectivity index (χ1) is 16.9. The Labute approximate surface area is 217 Å². The Hall–Kier alpha value is -1.42. The van der Waals surface area contributed by atoms with Gasteiger partial charge in [-0.2, -0.15) is 4.89 Å². The Kier molecular flexibility index (Phi) is 5.56. The van der Waals surface area contributed by atoms with Crippen LogP contribution in [-0.4, -0.2) is 42.1 Å². The smallest absolute Gasteiger partial charge is 0.478 e. The molecule has 2 saturated heterocycles. The van der Waals surface area contributed by atoms with Gasteiger partial charge < -0.3 is 19.2 Å². The summed E-state index contributed by atoms with van der Waals surface area (Å²) in [5.41, 5.74) is 0.0593. The predicted molar refractivity (Wildman–Crippen MR) is 134 cm³/mol. The molecule has 4 saturated carbocycles. The zero-order valence-corrected chi connectivity index (χ0v) is 22.3. The highest BCUT2D eigenvalue weighted by atomic mass is 35.5. The lowest BCUT2D eigenvalue weighted by atomic mass is 9.47. The zero-order chi connectivity index (χ0) is 25.7. The molecule has 9 heteroatoms. The van der Waals surface area contributed by atoms with E-state index in [0.717, 1.165) is 43.6 Å². The van der Waals surface area contributed by atoms with Crippen molar-refractivity contribution in [3.05, 3.63) is 34.4 Å². The number of halogens is 1. The molecule has 36 heavy (non-hydrogen) atoms. The minimum absolute atomic E-state index is 0.338. The quantitative estimate of drug-likeness (QED) is 0.345. The summed E-state index contributed by atoms with van der Waals surface area (Å²) in [4.78, 5) is 23.4. The van der Waals surface area contributed by atoms with E-state index in [1.165, 1.54) is 12.5 Å². The predicted octanol–water partition coefficient (Wildman–Crippen LogP) is 4.69. The number of ether oxygens (including phenoxy) is 1. The molecule has 1 spiro atoms. The molecule has 1 aromatic rings. The molecule has 7 rings (SSSR count). The van der Waals surface area contributed by atoms with Crippen LogP contribution >= 0.6 is 11.6 Å². The lowest BCUT2D eigenvalue weighted by Gasteiger charge is -2.68. The fraction of sp³-hybridized carbons (Fsp3) is 0.667. The highest BCUT2D eigenvalue weighted by Crippen LogP contribution is 2.69. The van der Waals surface area contributed by atoms with Crippen molar-refractivity contribution in [1.29, 1.82) is 0 Å². The molecule has 0 radical (unpaired) electrons. The Morgan fingerprint density at radius 1 is 1.03 bits per heavy atom. The monoisotopic (exact) mass is 516 g/mol. The highest BCUT2D eigenvalue weighted by molar-refractivity contribution is 6.66. The molecular formula is C27H34BClO7. The van der Waals surface area contributed by atoms with Crippen LogP contribution in [0.3, 0.4) is 0 Å². The average Bonchev–Trinajstić information content (AvgIpc) is 2.99. The summed E-state index contributed by atoms with van der Waals surface area (Å²) >= 11 is 7.21. The van der Waals surface area contributed by atoms with Gasteiger partial charge in [0.25, 0.3) is 5.79 Å². The summed E-state index contributed by atoms with van der Waals surface area (Å²) in [6, 6.07) is 3.71. The van der Waals surface area contributed by atoms with Gasteiger partial charge in [-0.3, -0.25) is 0 Å². The Morgan fingerprint density at radius 3 is 2.08 bits per heavy atom. The van der Waals surface area contributed by atoms with Crippen molar-refractivity contribution in [2.24, 2.45) is 23.7 Å². The molecule has 0 aromatic heterocycles. The van der Waals surface area contributed by atoms with Crippen molar-refractivity contribution in [3.63, 3.8) is 0 Å². The summed E-state index contributed by atoms with van der Waals surface area (Å²) in [5.74, 6) is -0.0324. The van der Waals surface area contributed by atoms with Gasteiger partial charge in [0.05, 0.1) is 11.2 Å². The number of hydrogen-bond acceptors (Lipinski definition) is 6. The van der Waals surface area contributed by atoms with Crippen molar-refractivity contribution in [3.8, 4) is 0 Å². The molecule has 194 valence electrons. The van der Waals surface area contributed by atoms with E-state index < -0.39 is 35.7 Å². The van der Waals surface area contributed by atoms with Crippen LogP contribution in [-0.2, 0) is 34.4 Å². The maximum Gasteiger partial charge on any atom is 0.497 e. The van der Waals surface area contributed by atoms with Crippen LogP contribution in [0.4, 0.5) is 0 Å². The second kappa shape index (κ2) is 8.04. The molecule has 6 aliphatic rings. The summed E-state index contributed by atoms with van der Waals surface area (Å²) in [6.45, 7) is 7.89. The molecule has 4 bridgehead atoms. The average molecular weight is 517 g/mol. The Balaban J connectivity index is 1.48. The number of carboxylic acid groups (broad SMARTS) is 1. The molecule has 6 fully saturated rings. The fourth-order valence-electron chi connectivity index (χ4n) is 7.70. The van der Waals surface area contributed by atoms with Gasteiger partial charge in [-0.15, -0.1) is 0 Å². The van der Waals surface area contributed by atoms with Crippen molar-refractivity contribution in [2.75, 3.05) is 7.11 Å². The minimum Gasteiger partial charge on any atom is -0.478 e. The first-order valence-electron chi connectivity index (χ1n) is 13.0. The van der Waals surface area contributed by atoms with Crippen molar-refractivity contribution >= 4 is 36.2 Å².